The van der Waals surface area contributed by atoms with Gasteiger partial charge in [-0.25, -0.2) is 9.59 Å². The Morgan fingerprint density at radius 2 is 1.36 bits per heavy atom. The first-order chi connectivity index (χ1) is 17.2. The minimum Gasteiger partial charge on any atom is -0.733 e. The van der Waals surface area contributed by atoms with E-state index in [9.17, 15) is 20.0 Å². The zero-order valence-corrected chi connectivity index (χ0v) is 21.1. The third-order valence-corrected chi connectivity index (χ3v) is 5.87. The highest BCUT2D eigenvalue weighted by atomic mass is 16.8. The Labute approximate surface area is 210 Å². The number of hydrogen-bond acceptors (Lipinski definition) is 9. The van der Waals surface area contributed by atoms with E-state index in [0.29, 0.717) is 29.3 Å². The number of nitrogens with zero attached hydrogens (tertiary/aromatic N) is 2. The third-order valence-electron chi connectivity index (χ3n) is 5.87. The van der Waals surface area contributed by atoms with Gasteiger partial charge in [-0.15, -0.1) is 0 Å². The van der Waals surface area contributed by atoms with Crippen LogP contribution in [-0.2, 0) is 19.1 Å². The van der Waals surface area contributed by atoms with E-state index in [-0.39, 0.29) is 35.3 Å². The fourth-order valence-electron chi connectivity index (χ4n) is 4.38. The zero-order valence-electron chi connectivity index (χ0n) is 21.1. The molecule has 0 bridgehead atoms. The van der Waals surface area contributed by atoms with Crippen molar-refractivity contribution in [3.8, 4) is 5.75 Å². The van der Waals surface area contributed by atoms with E-state index in [0.717, 1.165) is 5.69 Å². The van der Waals surface area contributed by atoms with E-state index in [2.05, 4.69) is 0 Å². The van der Waals surface area contributed by atoms with Gasteiger partial charge in [0.15, 0.2) is 0 Å². The lowest BCUT2D eigenvalue weighted by molar-refractivity contribution is -0.139. The summed E-state index contributed by atoms with van der Waals surface area (Å²) < 4.78 is 16.4. The van der Waals surface area contributed by atoms with E-state index >= 15 is 0 Å². The molecule has 192 valence electrons. The number of ether oxygens (including phenoxy) is 3. The van der Waals surface area contributed by atoms with Crippen molar-refractivity contribution in [3.05, 3.63) is 81.8 Å². The normalized spacial score (nSPS) is 14.1. The van der Waals surface area contributed by atoms with Gasteiger partial charge in [-0.2, -0.15) is 0 Å². The van der Waals surface area contributed by atoms with Gasteiger partial charge >= 0.3 is 11.9 Å². The van der Waals surface area contributed by atoms with E-state index < -0.39 is 17.9 Å². The van der Waals surface area contributed by atoms with E-state index in [4.69, 9.17) is 14.2 Å². The SMILES string of the molecule is CCOC(=O)C1=C(C)N(c2ccc(OCC)cc2)C(C)=C(C(=O)OCC)C1c1ccc(N([O-])O)cc1. The Kier molecular flexibility index (Phi) is 8.73. The topological polar surface area (TPSA) is 112 Å². The van der Waals surface area contributed by atoms with Crippen LogP contribution in [0.3, 0.4) is 0 Å². The second-order valence-corrected chi connectivity index (χ2v) is 8.00. The second kappa shape index (κ2) is 11.7. The fraction of sp³-hybridized carbons (Fsp3) is 0.333. The lowest BCUT2D eigenvalue weighted by atomic mass is 9.79. The van der Waals surface area contributed by atoms with Crippen molar-refractivity contribution < 1.29 is 29.0 Å². The van der Waals surface area contributed by atoms with Gasteiger partial charge in [0.05, 0.1) is 42.6 Å². The van der Waals surface area contributed by atoms with Crippen LogP contribution < -0.4 is 14.9 Å². The van der Waals surface area contributed by atoms with Crippen LogP contribution in [0.1, 0.15) is 46.1 Å². The first-order valence-corrected chi connectivity index (χ1v) is 11.8. The standard InChI is InChI=1S/C27H31N2O7/c1-6-34-22-15-13-20(14-16-22)28-17(4)23(26(30)35-7-2)25(24(18(28)5)27(31)36-8-3)19-9-11-21(12-10-19)29(32)33/h9-16,25,32H,6-8H2,1-5H3/q-1. The highest BCUT2D eigenvalue weighted by Gasteiger charge is 2.41. The summed E-state index contributed by atoms with van der Waals surface area (Å²) in [7, 11) is 0. The molecule has 0 spiro atoms. The van der Waals surface area contributed by atoms with Crippen LogP contribution in [0.5, 0.6) is 5.75 Å². The molecule has 1 heterocycles. The van der Waals surface area contributed by atoms with Crippen LogP contribution in [0.15, 0.2) is 71.1 Å². The molecule has 0 unspecified atom stereocenters. The molecule has 9 nitrogen and oxygen atoms in total. The van der Waals surface area contributed by atoms with Crippen LogP contribution in [0.2, 0.25) is 0 Å². The van der Waals surface area contributed by atoms with Crippen LogP contribution >= 0.6 is 0 Å². The van der Waals surface area contributed by atoms with Gasteiger partial charge < -0.3 is 29.5 Å². The molecule has 0 aliphatic carbocycles. The summed E-state index contributed by atoms with van der Waals surface area (Å²) in [5.74, 6) is -1.24. The average Bonchev–Trinajstić information content (AvgIpc) is 2.85. The molecule has 0 saturated heterocycles. The highest BCUT2D eigenvalue weighted by molar-refractivity contribution is 6.01. The maximum atomic E-state index is 13.3. The van der Waals surface area contributed by atoms with Crippen LogP contribution in [0.4, 0.5) is 11.4 Å². The summed E-state index contributed by atoms with van der Waals surface area (Å²) in [6.45, 7) is 9.74. The van der Waals surface area contributed by atoms with Gasteiger partial charge in [-0.3, -0.25) is 5.21 Å². The van der Waals surface area contributed by atoms with Gasteiger partial charge in [-0.1, -0.05) is 12.1 Å². The summed E-state index contributed by atoms with van der Waals surface area (Å²) in [5.41, 5.74) is 3.03. The van der Waals surface area contributed by atoms with Gasteiger partial charge in [0, 0.05) is 17.1 Å². The molecule has 0 saturated carbocycles. The molecule has 2 aromatic carbocycles. The van der Waals surface area contributed by atoms with Crippen molar-refractivity contribution in [2.24, 2.45) is 0 Å². The molecule has 0 fully saturated rings. The van der Waals surface area contributed by atoms with E-state index in [1.165, 1.54) is 12.1 Å². The van der Waals surface area contributed by atoms with Gasteiger partial charge in [0.25, 0.3) is 0 Å². The number of allylic oxidation sites excluding steroid dienone is 2. The van der Waals surface area contributed by atoms with Gasteiger partial charge in [0.1, 0.15) is 5.75 Å². The molecule has 1 aliphatic heterocycles. The van der Waals surface area contributed by atoms with E-state index in [1.807, 2.05) is 36.1 Å². The summed E-state index contributed by atoms with van der Waals surface area (Å²) in [4.78, 5) is 28.5. The van der Waals surface area contributed by atoms with Crippen molar-refractivity contribution in [1.29, 1.82) is 0 Å². The number of benzene rings is 2. The minimum absolute atomic E-state index is 0.0161. The maximum Gasteiger partial charge on any atom is 0.336 e. The zero-order chi connectivity index (χ0) is 26.4. The summed E-state index contributed by atoms with van der Waals surface area (Å²) >= 11 is 0. The number of rotatable bonds is 9. The first-order valence-electron chi connectivity index (χ1n) is 11.8. The summed E-state index contributed by atoms with van der Waals surface area (Å²) in [6, 6.07) is 13.4. The Bertz CT molecular complexity index is 1110. The molecule has 0 aromatic heterocycles. The number of esters is 2. The molecule has 0 atom stereocenters. The Balaban J connectivity index is 2.25. The van der Waals surface area contributed by atoms with Crippen molar-refractivity contribution >= 4 is 23.3 Å². The second-order valence-electron chi connectivity index (χ2n) is 8.00. The number of hydrogen-bond donors (Lipinski definition) is 1. The van der Waals surface area contributed by atoms with Crippen molar-refractivity contribution in [2.75, 3.05) is 29.9 Å². The van der Waals surface area contributed by atoms with Crippen molar-refractivity contribution in [3.63, 3.8) is 0 Å². The number of carbonyl (C=O) groups is 2. The monoisotopic (exact) mass is 495 g/mol. The predicted octanol–water partition coefficient (Wildman–Crippen LogP) is 5.06. The molecule has 2 aromatic rings. The average molecular weight is 496 g/mol. The third kappa shape index (κ3) is 5.37. The summed E-state index contributed by atoms with van der Waals surface area (Å²) in [6.07, 6.45) is 0. The largest absolute Gasteiger partial charge is 0.733 e. The molecular formula is C27H31N2O7-. The first kappa shape index (κ1) is 26.8. The van der Waals surface area contributed by atoms with Crippen molar-refractivity contribution in [1.82, 2.24) is 0 Å². The molecule has 36 heavy (non-hydrogen) atoms. The van der Waals surface area contributed by atoms with Crippen LogP contribution in [-0.4, -0.2) is 37.0 Å². The molecule has 3 rings (SSSR count). The molecular weight excluding hydrogens is 464 g/mol. The molecule has 0 amide bonds. The van der Waals surface area contributed by atoms with Gasteiger partial charge in [0.2, 0.25) is 0 Å². The lowest BCUT2D eigenvalue weighted by Crippen LogP contribution is -2.35. The quantitative estimate of drug-likeness (QED) is 0.377. The highest BCUT2D eigenvalue weighted by Crippen LogP contribution is 2.45. The Morgan fingerprint density at radius 3 is 1.78 bits per heavy atom. The molecule has 1 aliphatic rings. The van der Waals surface area contributed by atoms with Crippen LogP contribution in [0, 0.1) is 5.21 Å². The Hall–Kier alpha value is -3.82. The molecule has 1 N–H and O–H groups in total. The lowest BCUT2D eigenvalue weighted by Gasteiger charge is -2.38. The number of carbonyl (C=O) groups excluding carboxylic acids is 2. The number of anilines is 2. The van der Waals surface area contributed by atoms with Gasteiger partial charge in [-0.05, 0) is 76.6 Å². The van der Waals surface area contributed by atoms with E-state index in [1.54, 1.807) is 39.8 Å². The van der Waals surface area contributed by atoms with Crippen LogP contribution in [0.25, 0.3) is 0 Å². The Morgan fingerprint density at radius 1 is 0.861 bits per heavy atom. The maximum absolute atomic E-state index is 13.3. The minimum atomic E-state index is -0.810. The summed E-state index contributed by atoms with van der Waals surface area (Å²) in [5, 5.41) is 20.3. The predicted molar refractivity (Wildman–Crippen MR) is 136 cm³/mol. The fourth-order valence-corrected chi connectivity index (χ4v) is 4.38. The smallest absolute Gasteiger partial charge is 0.336 e. The van der Waals surface area contributed by atoms with Crippen molar-refractivity contribution in [2.45, 2.75) is 40.5 Å². The molecule has 0 radical (unpaired) electrons. The molecule has 9 heteroatoms.